The minimum atomic E-state index is -1.67. The fourth-order valence-corrected chi connectivity index (χ4v) is 2.88. The van der Waals surface area contributed by atoms with Crippen LogP contribution in [0.5, 0.6) is 0 Å². The van der Waals surface area contributed by atoms with Crippen LogP contribution >= 0.6 is 0 Å². The maximum absolute atomic E-state index is 13.0. The van der Waals surface area contributed by atoms with Crippen LogP contribution in [0, 0.1) is 0 Å². The van der Waals surface area contributed by atoms with Crippen LogP contribution in [-0.2, 0) is 35.2 Å². The number of aromatic amines is 1. The van der Waals surface area contributed by atoms with Gasteiger partial charge in [0.25, 0.3) is 0 Å². The molecule has 0 aliphatic heterocycles. The van der Waals surface area contributed by atoms with E-state index in [1.54, 1.807) is 0 Å². The van der Waals surface area contributed by atoms with Crippen molar-refractivity contribution in [2.75, 3.05) is 0 Å². The Kier molecular flexibility index (Phi) is 11.3. The first-order chi connectivity index (χ1) is 16.3. The summed E-state index contributed by atoms with van der Waals surface area (Å²) in [5.74, 6) is -5.92. The summed E-state index contributed by atoms with van der Waals surface area (Å²) in [6.07, 6.45) is -0.0141. The number of nitrogens with two attached hydrogens (primary N) is 3. The van der Waals surface area contributed by atoms with Crippen LogP contribution in [0.3, 0.4) is 0 Å². The summed E-state index contributed by atoms with van der Waals surface area (Å²) < 4.78 is 0. The first kappa shape index (κ1) is 29.0. The van der Waals surface area contributed by atoms with Gasteiger partial charge in [0, 0.05) is 24.7 Å². The van der Waals surface area contributed by atoms with Crippen molar-refractivity contribution in [1.82, 2.24) is 25.9 Å². The van der Waals surface area contributed by atoms with E-state index in [1.807, 2.05) is 0 Å². The number of nitrogens with zero attached hydrogens (tertiary/aromatic N) is 1. The number of carbonyl (C=O) groups excluding carboxylic acids is 5. The third-order valence-electron chi connectivity index (χ3n) is 4.73. The highest BCUT2D eigenvalue weighted by Crippen LogP contribution is 2.05. The van der Waals surface area contributed by atoms with Crippen molar-refractivity contribution < 1.29 is 39.0 Å². The number of amides is 5. The number of H-pyrrole nitrogens is 1. The number of aliphatic carboxylic acids is 1. The molecule has 12 N–H and O–H groups in total. The Labute approximate surface area is 199 Å². The van der Waals surface area contributed by atoms with Gasteiger partial charge in [0.2, 0.25) is 29.5 Å². The molecule has 0 radical (unpaired) electrons. The Morgan fingerprint density at radius 3 is 2.09 bits per heavy atom. The zero-order valence-corrected chi connectivity index (χ0v) is 18.9. The maximum Gasteiger partial charge on any atom is 0.328 e. The van der Waals surface area contributed by atoms with Gasteiger partial charge < -0.3 is 48.3 Å². The second-order valence-corrected chi connectivity index (χ2v) is 7.75. The lowest BCUT2D eigenvalue weighted by Crippen LogP contribution is -2.59. The number of imidazole rings is 1. The molecule has 0 saturated heterocycles. The van der Waals surface area contributed by atoms with Crippen LogP contribution in [0.2, 0.25) is 0 Å². The Morgan fingerprint density at radius 2 is 1.60 bits per heavy atom. The summed E-state index contributed by atoms with van der Waals surface area (Å²) in [5, 5.41) is 25.7. The normalized spacial score (nSPS) is 15.1. The molecular weight excluding hydrogens is 468 g/mol. The molecule has 0 bridgehead atoms. The second kappa shape index (κ2) is 13.6. The predicted octanol–water partition coefficient (Wildman–Crippen LogP) is -4.66. The summed E-state index contributed by atoms with van der Waals surface area (Å²) in [7, 11) is 0. The summed E-state index contributed by atoms with van der Waals surface area (Å²) in [4.78, 5) is 78.1. The fraction of sp³-hybridized carbons (Fsp3) is 0.526. The van der Waals surface area contributed by atoms with Gasteiger partial charge in [-0.25, -0.2) is 9.78 Å². The Balaban J connectivity index is 3.09. The van der Waals surface area contributed by atoms with Crippen molar-refractivity contribution in [2.24, 2.45) is 17.2 Å². The number of carbonyl (C=O) groups is 6. The Bertz CT molecular complexity index is 920. The van der Waals surface area contributed by atoms with Crippen molar-refractivity contribution in [2.45, 2.75) is 62.9 Å². The summed E-state index contributed by atoms with van der Waals surface area (Å²) in [6.45, 7) is 1.16. The van der Waals surface area contributed by atoms with Gasteiger partial charge in [-0.3, -0.25) is 24.0 Å². The van der Waals surface area contributed by atoms with Crippen LogP contribution in [0.25, 0.3) is 0 Å². The minimum absolute atomic E-state index is 0.165. The number of carboxylic acid groups (broad SMARTS) is 1. The molecule has 16 heteroatoms. The molecule has 0 aromatic carbocycles. The number of aliphatic hydroxyl groups is 1. The van der Waals surface area contributed by atoms with Crippen molar-refractivity contribution in [3.8, 4) is 0 Å². The van der Waals surface area contributed by atoms with E-state index < -0.39 is 72.2 Å². The molecule has 0 aliphatic rings. The van der Waals surface area contributed by atoms with Crippen molar-refractivity contribution in [3.05, 3.63) is 18.2 Å². The molecular formula is C19H30N8O8. The summed E-state index contributed by atoms with van der Waals surface area (Å²) in [6, 6.07) is -5.81. The first-order valence-corrected chi connectivity index (χ1v) is 10.4. The number of hydrogen-bond acceptors (Lipinski definition) is 9. The molecule has 35 heavy (non-hydrogen) atoms. The number of hydrogen-bond donors (Lipinski definition) is 9. The van der Waals surface area contributed by atoms with Crippen LogP contribution in [-0.4, -0.2) is 86.0 Å². The number of rotatable bonds is 15. The number of nitrogens with one attached hydrogen (secondary N) is 4. The van der Waals surface area contributed by atoms with Gasteiger partial charge in [0.05, 0.1) is 24.9 Å². The van der Waals surface area contributed by atoms with E-state index in [0.717, 1.165) is 6.92 Å². The number of primary amides is 2. The van der Waals surface area contributed by atoms with Crippen molar-refractivity contribution >= 4 is 35.5 Å². The summed E-state index contributed by atoms with van der Waals surface area (Å²) >= 11 is 0. The van der Waals surface area contributed by atoms with Crippen molar-refractivity contribution in [3.63, 3.8) is 0 Å². The average Bonchev–Trinajstić information content (AvgIpc) is 3.25. The molecule has 5 atom stereocenters. The van der Waals surface area contributed by atoms with Gasteiger partial charge in [-0.15, -0.1) is 0 Å². The third kappa shape index (κ3) is 10.2. The predicted molar refractivity (Wildman–Crippen MR) is 118 cm³/mol. The number of aromatic nitrogens is 2. The lowest BCUT2D eigenvalue weighted by Gasteiger charge is -2.25. The maximum atomic E-state index is 13.0. The van der Waals surface area contributed by atoms with Crippen molar-refractivity contribution in [1.29, 1.82) is 0 Å². The van der Waals surface area contributed by atoms with E-state index in [0.29, 0.717) is 5.69 Å². The SMILES string of the molecule is CC(O)C(NC(=O)C(Cc1cnc[nH]1)NC(=O)C(CCC(N)=O)NC(=O)C(N)CC(N)=O)C(=O)O. The molecule has 16 nitrogen and oxygen atoms in total. The molecule has 1 aromatic heterocycles. The smallest absolute Gasteiger partial charge is 0.328 e. The Hall–Kier alpha value is -4.05. The van der Waals surface area contributed by atoms with E-state index in [1.165, 1.54) is 12.5 Å². The average molecular weight is 498 g/mol. The second-order valence-electron chi connectivity index (χ2n) is 7.75. The Morgan fingerprint density at radius 1 is 1.00 bits per heavy atom. The topological polar surface area (TPSA) is 286 Å². The van der Waals surface area contributed by atoms with Gasteiger partial charge in [-0.1, -0.05) is 0 Å². The summed E-state index contributed by atoms with van der Waals surface area (Å²) in [5.41, 5.74) is 16.1. The lowest BCUT2D eigenvalue weighted by molar-refractivity contribution is -0.145. The molecule has 0 saturated carbocycles. The number of aliphatic hydroxyl groups excluding tert-OH is 1. The van der Waals surface area contributed by atoms with Gasteiger partial charge in [-0.05, 0) is 13.3 Å². The van der Waals surface area contributed by atoms with Gasteiger partial charge in [0.1, 0.15) is 12.1 Å². The van der Waals surface area contributed by atoms with E-state index in [9.17, 15) is 39.0 Å². The number of carboxylic acids is 1. The fourth-order valence-electron chi connectivity index (χ4n) is 2.88. The molecule has 1 heterocycles. The highest BCUT2D eigenvalue weighted by Gasteiger charge is 2.32. The van der Waals surface area contributed by atoms with E-state index in [-0.39, 0.29) is 19.3 Å². The largest absolute Gasteiger partial charge is 0.480 e. The quantitative estimate of drug-likeness (QED) is 0.111. The van der Waals surface area contributed by atoms with E-state index in [2.05, 4.69) is 25.9 Å². The molecule has 0 aliphatic carbocycles. The molecule has 1 rings (SSSR count). The van der Waals surface area contributed by atoms with Crippen LogP contribution in [0.4, 0.5) is 0 Å². The molecule has 194 valence electrons. The monoisotopic (exact) mass is 498 g/mol. The lowest BCUT2D eigenvalue weighted by atomic mass is 10.1. The zero-order valence-electron chi connectivity index (χ0n) is 18.9. The standard InChI is InChI=1S/C19H30N8O8/c1-8(28)15(19(34)35)27-18(33)12(4-9-6-23-7-24-9)26-17(32)11(2-3-13(21)29)25-16(31)10(20)5-14(22)30/h6-8,10-12,15,28H,2-5,20H2,1H3,(H2,21,29)(H2,22,30)(H,23,24)(H,25,31)(H,26,32)(H,27,33)(H,34,35). The van der Waals surface area contributed by atoms with Gasteiger partial charge in [-0.2, -0.15) is 0 Å². The van der Waals surface area contributed by atoms with Crippen LogP contribution in [0.15, 0.2) is 12.5 Å². The zero-order chi connectivity index (χ0) is 26.7. The molecule has 5 amide bonds. The van der Waals surface area contributed by atoms with E-state index >= 15 is 0 Å². The molecule has 5 unspecified atom stereocenters. The van der Waals surface area contributed by atoms with Crippen LogP contribution < -0.4 is 33.2 Å². The highest BCUT2D eigenvalue weighted by atomic mass is 16.4. The third-order valence-corrected chi connectivity index (χ3v) is 4.73. The minimum Gasteiger partial charge on any atom is -0.480 e. The van der Waals surface area contributed by atoms with Crippen LogP contribution in [0.1, 0.15) is 31.9 Å². The van der Waals surface area contributed by atoms with Gasteiger partial charge >= 0.3 is 5.97 Å². The molecule has 0 spiro atoms. The molecule has 1 aromatic rings. The first-order valence-electron chi connectivity index (χ1n) is 10.4. The van der Waals surface area contributed by atoms with E-state index in [4.69, 9.17) is 17.2 Å². The van der Waals surface area contributed by atoms with Gasteiger partial charge in [0.15, 0.2) is 6.04 Å². The highest BCUT2D eigenvalue weighted by molar-refractivity contribution is 5.95. The molecule has 0 fully saturated rings.